The Labute approximate surface area is 213 Å². The van der Waals surface area contributed by atoms with Crippen molar-refractivity contribution in [3.05, 3.63) is 92.7 Å². The Morgan fingerprint density at radius 1 is 1.11 bits per heavy atom. The molecule has 0 aliphatic rings. The molecule has 0 aliphatic heterocycles. The van der Waals surface area contributed by atoms with Gasteiger partial charge in [-0.2, -0.15) is 5.10 Å². The number of halogens is 2. The van der Waals surface area contributed by atoms with E-state index < -0.39 is 10.8 Å². The van der Waals surface area contributed by atoms with Crippen molar-refractivity contribution >= 4 is 52.8 Å². The van der Waals surface area contributed by atoms with Gasteiger partial charge >= 0.3 is 0 Å². The van der Waals surface area contributed by atoms with E-state index in [1.165, 1.54) is 30.1 Å². The fourth-order valence-electron chi connectivity index (χ4n) is 2.97. The molecule has 2 aromatic heterocycles. The molecule has 0 radical (unpaired) electrons. The number of aromatic nitrogens is 4. The molecule has 0 unspecified atom stereocenters. The number of hydrogen-bond donors (Lipinski definition) is 1. The van der Waals surface area contributed by atoms with Gasteiger partial charge in [0.2, 0.25) is 0 Å². The highest BCUT2D eigenvalue weighted by Crippen LogP contribution is 2.28. The first-order valence-corrected chi connectivity index (χ1v) is 11.7. The van der Waals surface area contributed by atoms with Crippen LogP contribution in [-0.2, 0) is 4.79 Å². The van der Waals surface area contributed by atoms with Gasteiger partial charge < -0.3 is 0 Å². The van der Waals surface area contributed by atoms with Gasteiger partial charge in [-0.15, -0.1) is 10.2 Å². The van der Waals surface area contributed by atoms with Crippen molar-refractivity contribution in [3.8, 4) is 17.1 Å². The van der Waals surface area contributed by atoms with E-state index in [1.54, 1.807) is 30.6 Å². The van der Waals surface area contributed by atoms with Crippen LogP contribution in [0.25, 0.3) is 17.1 Å². The fourth-order valence-corrected chi connectivity index (χ4v) is 4.02. The van der Waals surface area contributed by atoms with Gasteiger partial charge in [0, 0.05) is 40.3 Å². The standard InChI is InChI=1S/C22H15Cl2N7O3S/c23-16-2-4-17(5-3-16)30-21(15-7-9-25-10-8-15)28-29-22(30)35-13-20(32)27-26-12-14-1-6-18(24)19(11-14)31(33)34/h1-12H,13H2,(H,27,32). The fraction of sp³-hybridized carbons (Fsp3) is 0.0455. The minimum atomic E-state index is -0.591. The topological polar surface area (TPSA) is 128 Å². The summed E-state index contributed by atoms with van der Waals surface area (Å²) in [6, 6.07) is 15.0. The average molecular weight is 528 g/mol. The lowest BCUT2D eigenvalue weighted by molar-refractivity contribution is -0.384. The van der Waals surface area contributed by atoms with Gasteiger partial charge in [0.1, 0.15) is 5.02 Å². The van der Waals surface area contributed by atoms with E-state index >= 15 is 0 Å². The second kappa shape index (κ2) is 11.1. The Morgan fingerprint density at radius 2 is 1.86 bits per heavy atom. The molecule has 4 aromatic rings. The quantitative estimate of drug-likeness (QED) is 0.151. The van der Waals surface area contributed by atoms with Crippen LogP contribution in [0.15, 0.2) is 77.2 Å². The number of nitro benzene ring substituents is 1. The highest BCUT2D eigenvalue weighted by molar-refractivity contribution is 7.99. The molecule has 0 atom stereocenters. The summed E-state index contributed by atoms with van der Waals surface area (Å²) in [6.45, 7) is 0. The molecule has 0 saturated heterocycles. The monoisotopic (exact) mass is 527 g/mol. The molecular weight excluding hydrogens is 513 g/mol. The molecule has 2 heterocycles. The molecule has 10 nitrogen and oxygen atoms in total. The number of rotatable bonds is 8. The summed E-state index contributed by atoms with van der Waals surface area (Å²) in [4.78, 5) is 26.8. The third-order valence-corrected chi connectivity index (χ3v) is 6.06. The Balaban J connectivity index is 1.48. The number of benzene rings is 2. The molecule has 2 aromatic carbocycles. The molecule has 1 amide bonds. The predicted octanol–water partition coefficient (Wildman–Crippen LogP) is 4.79. The zero-order chi connectivity index (χ0) is 24.8. The van der Waals surface area contributed by atoms with E-state index in [0.29, 0.717) is 21.6 Å². The molecule has 35 heavy (non-hydrogen) atoms. The van der Waals surface area contributed by atoms with Crippen molar-refractivity contribution in [2.75, 3.05) is 5.75 Å². The maximum Gasteiger partial charge on any atom is 0.288 e. The van der Waals surface area contributed by atoms with Crippen LogP contribution in [0.2, 0.25) is 10.0 Å². The molecule has 0 aliphatic carbocycles. The molecule has 0 spiro atoms. The van der Waals surface area contributed by atoms with Crippen LogP contribution in [0.4, 0.5) is 5.69 Å². The van der Waals surface area contributed by atoms with Gasteiger partial charge in [0.05, 0.1) is 16.9 Å². The largest absolute Gasteiger partial charge is 0.288 e. The Morgan fingerprint density at radius 3 is 2.57 bits per heavy atom. The molecule has 1 N–H and O–H groups in total. The maximum absolute atomic E-state index is 12.3. The number of hydrogen-bond acceptors (Lipinski definition) is 8. The van der Waals surface area contributed by atoms with Crippen molar-refractivity contribution in [2.24, 2.45) is 5.10 Å². The molecule has 4 rings (SSSR count). The van der Waals surface area contributed by atoms with Gasteiger partial charge in [-0.1, -0.05) is 41.0 Å². The van der Waals surface area contributed by atoms with Gasteiger partial charge in [-0.25, -0.2) is 5.43 Å². The van der Waals surface area contributed by atoms with Gasteiger partial charge in [-0.05, 0) is 42.5 Å². The Bertz CT molecular complexity index is 1400. The molecular formula is C22H15Cl2N7O3S. The van der Waals surface area contributed by atoms with Crippen molar-refractivity contribution in [1.82, 2.24) is 25.2 Å². The van der Waals surface area contributed by atoms with E-state index in [9.17, 15) is 14.9 Å². The summed E-state index contributed by atoms with van der Waals surface area (Å²) in [5.41, 5.74) is 4.14. The second-order valence-electron chi connectivity index (χ2n) is 6.90. The molecule has 13 heteroatoms. The number of nitro groups is 1. The molecule has 0 saturated carbocycles. The number of pyridine rings is 1. The summed E-state index contributed by atoms with van der Waals surface area (Å²) in [5, 5.41) is 24.5. The third-order valence-electron chi connectivity index (χ3n) is 4.56. The third kappa shape index (κ3) is 6.01. The SMILES string of the molecule is O=C(CSc1nnc(-c2ccncc2)n1-c1ccc(Cl)cc1)NN=Cc1ccc(Cl)c([N+](=O)[O-])c1. The first kappa shape index (κ1) is 24.3. The lowest BCUT2D eigenvalue weighted by Gasteiger charge is -2.10. The van der Waals surface area contributed by atoms with Crippen LogP contribution in [0, 0.1) is 10.1 Å². The van der Waals surface area contributed by atoms with Gasteiger partial charge in [-0.3, -0.25) is 24.5 Å². The van der Waals surface area contributed by atoms with Crippen LogP contribution in [0.1, 0.15) is 5.56 Å². The number of thioether (sulfide) groups is 1. The number of nitrogens with zero attached hydrogens (tertiary/aromatic N) is 6. The normalized spacial score (nSPS) is 11.0. The first-order chi connectivity index (χ1) is 16.9. The minimum absolute atomic E-state index is 0.000173. The summed E-state index contributed by atoms with van der Waals surface area (Å²) < 4.78 is 1.82. The van der Waals surface area contributed by atoms with Crippen LogP contribution in [-0.4, -0.2) is 42.5 Å². The number of carbonyl (C=O) groups excluding carboxylic acids is 1. The smallest absolute Gasteiger partial charge is 0.272 e. The highest BCUT2D eigenvalue weighted by atomic mass is 35.5. The maximum atomic E-state index is 12.3. The molecule has 0 bridgehead atoms. The van der Waals surface area contributed by atoms with Crippen LogP contribution in [0.5, 0.6) is 0 Å². The van der Waals surface area contributed by atoms with Gasteiger partial charge in [0.25, 0.3) is 11.6 Å². The van der Waals surface area contributed by atoms with Crippen molar-refractivity contribution in [1.29, 1.82) is 0 Å². The van der Waals surface area contributed by atoms with E-state index in [1.807, 2.05) is 28.8 Å². The minimum Gasteiger partial charge on any atom is -0.272 e. The lowest BCUT2D eigenvalue weighted by Crippen LogP contribution is -2.20. The second-order valence-corrected chi connectivity index (χ2v) is 8.69. The Hall–Kier alpha value is -3.80. The van der Waals surface area contributed by atoms with Crippen molar-refractivity contribution in [3.63, 3.8) is 0 Å². The average Bonchev–Trinajstić information content (AvgIpc) is 3.28. The highest BCUT2D eigenvalue weighted by Gasteiger charge is 2.17. The van der Waals surface area contributed by atoms with Crippen molar-refractivity contribution < 1.29 is 9.72 Å². The zero-order valence-corrected chi connectivity index (χ0v) is 20.0. The number of nitrogens with one attached hydrogen (secondary N) is 1. The van der Waals surface area contributed by atoms with Crippen LogP contribution >= 0.6 is 35.0 Å². The summed E-state index contributed by atoms with van der Waals surface area (Å²) in [6.07, 6.45) is 4.61. The number of amides is 1. The predicted molar refractivity (Wildman–Crippen MR) is 134 cm³/mol. The molecule has 176 valence electrons. The summed E-state index contributed by atoms with van der Waals surface area (Å²) in [5.74, 6) is 0.186. The Kier molecular flexibility index (Phi) is 7.70. The van der Waals surface area contributed by atoms with Crippen molar-refractivity contribution in [2.45, 2.75) is 5.16 Å². The number of hydrazone groups is 1. The zero-order valence-electron chi connectivity index (χ0n) is 17.7. The van der Waals surface area contributed by atoms with E-state index in [-0.39, 0.29) is 16.5 Å². The van der Waals surface area contributed by atoms with Gasteiger partial charge in [0.15, 0.2) is 11.0 Å². The van der Waals surface area contributed by atoms with E-state index in [2.05, 4.69) is 25.7 Å². The number of carbonyl (C=O) groups is 1. The van der Waals surface area contributed by atoms with E-state index in [4.69, 9.17) is 23.2 Å². The summed E-state index contributed by atoms with van der Waals surface area (Å²) >= 11 is 13.0. The van der Waals surface area contributed by atoms with Crippen LogP contribution < -0.4 is 5.43 Å². The van der Waals surface area contributed by atoms with E-state index in [0.717, 1.165) is 11.3 Å². The van der Waals surface area contributed by atoms with Crippen LogP contribution in [0.3, 0.4) is 0 Å². The summed E-state index contributed by atoms with van der Waals surface area (Å²) in [7, 11) is 0. The first-order valence-electron chi connectivity index (χ1n) is 9.93. The lowest BCUT2D eigenvalue weighted by atomic mass is 10.2. The molecule has 0 fully saturated rings.